The highest BCUT2D eigenvalue weighted by Crippen LogP contribution is 2.37. The Labute approximate surface area is 85.4 Å². The average Bonchev–Trinajstić information content (AvgIpc) is 2.21. The zero-order valence-corrected chi connectivity index (χ0v) is 9.17. The lowest BCUT2D eigenvalue weighted by molar-refractivity contribution is -0.122. The van der Waals surface area contributed by atoms with Gasteiger partial charge < -0.3 is 4.79 Å². The van der Waals surface area contributed by atoms with Crippen LogP contribution in [-0.2, 0) is 9.59 Å². The van der Waals surface area contributed by atoms with Crippen molar-refractivity contribution in [2.24, 2.45) is 11.3 Å². The van der Waals surface area contributed by atoms with Crippen molar-refractivity contribution >= 4 is 12.1 Å². The maximum atomic E-state index is 11.5. The van der Waals surface area contributed by atoms with E-state index in [0.29, 0.717) is 6.42 Å². The third-order valence-electron chi connectivity index (χ3n) is 3.54. The summed E-state index contributed by atoms with van der Waals surface area (Å²) in [7, 11) is 0. The van der Waals surface area contributed by atoms with Gasteiger partial charge in [0.15, 0.2) is 5.78 Å². The first kappa shape index (κ1) is 11.2. The summed E-state index contributed by atoms with van der Waals surface area (Å²) in [5.41, 5.74) is 0.526. The molecule has 0 heterocycles. The molecule has 0 saturated heterocycles. The van der Waals surface area contributed by atoms with Crippen LogP contribution in [0.1, 0.15) is 40.0 Å². The van der Waals surface area contributed by atoms with Gasteiger partial charge in [-0.15, -0.1) is 0 Å². The molecular formula is C12H18O2. The summed E-state index contributed by atoms with van der Waals surface area (Å²) in [6.07, 6.45) is 5.18. The molecule has 14 heavy (non-hydrogen) atoms. The van der Waals surface area contributed by atoms with Crippen molar-refractivity contribution in [1.29, 1.82) is 0 Å². The molecule has 0 N–H and O–H groups in total. The fourth-order valence-corrected chi connectivity index (χ4v) is 1.87. The Morgan fingerprint density at radius 1 is 1.64 bits per heavy atom. The predicted octanol–water partition coefficient (Wildman–Crippen LogP) is 2.53. The molecule has 0 aromatic rings. The van der Waals surface area contributed by atoms with Gasteiger partial charge in [0.1, 0.15) is 6.29 Å². The van der Waals surface area contributed by atoms with Crippen molar-refractivity contribution in [2.75, 3.05) is 0 Å². The fraction of sp³-hybridized carbons (Fsp3) is 0.667. The molecule has 0 aliphatic heterocycles. The van der Waals surface area contributed by atoms with Crippen LogP contribution in [0.15, 0.2) is 11.6 Å². The van der Waals surface area contributed by atoms with Crippen LogP contribution >= 0.6 is 0 Å². The fourth-order valence-electron chi connectivity index (χ4n) is 1.87. The summed E-state index contributed by atoms with van der Waals surface area (Å²) in [6, 6.07) is 0. The molecule has 1 aliphatic rings. The maximum Gasteiger partial charge on any atom is 0.158 e. The third kappa shape index (κ3) is 1.94. The van der Waals surface area contributed by atoms with Gasteiger partial charge in [0.05, 0.1) is 0 Å². The van der Waals surface area contributed by atoms with Crippen LogP contribution in [-0.4, -0.2) is 12.1 Å². The van der Waals surface area contributed by atoms with Gasteiger partial charge in [-0.1, -0.05) is 19.9 Å². The van der Waals surface area contributed by atoms with Gasteiger partial charge in [-0.25, -0.2) is 0 Å². The van der Waals surface area contributed by atoms with E-state index in [1.54, 1.807) is 0 Å². The van der Waals surface area contributed by atoms with Crippen LogP contribution in [0.25, 0.3) is 0 Å². The minimum atomic E-state index is -0.327. The lowest BCUT2D eigenvalue weighted by Gasteiger charge is -2.33. The number of ketones is 1. The van der Waals surface area contributed by atoms with Crippen LogP contribution in [0, 0.1) is 11.3 Å². The quantitative estimate of drug-likeness (QED) is 0.647. The molecule has 2 heteroatoms. The summed E-state index contributed by atoms with van der Waals surface area (Å²) in [5.74, 6) is 0.393. The number of aldehydes is 1. The van der Waals surface area contributed by atoms with E-state index in [0.717, 1.165) is 24.7 Å². The number of hydrogen-bond acceptors (Lipinski definition) is 2. The van der Waals surface area contributed by atoms with Crippen LogP contribution < -0.4 is 0 Å². The molecule has 0 bridgehead atoms. The molecule has 0 radical (unpaired) electrons. The van der Waals surface area contributed by atoms with Gasteiger partial charge in [0, 0.05) is 11.8 Å². The van der Waals surface area contributed by atoms with E-state index in [9.17, 15) is 9.59 Å². The molecule has 0 aromatic heterocycles. The van der Waals surface area contributed by atoms with Gasteiger partial charge >= 0.3 is 0 Å². The summed E-state index contributed by atoms with van der Waals surface area (Å²) in [4.78, 5) is 22.5. The number of carbonyl (C=O) groups is 2. The van der Waals surface area contributed by atoms with Gasteiger partial charge in [-0.3, -0.25) is 4.79 Å². The molecule has 0 spiro atoms. The van der Waals surface area contributed by atoms with E-state index < -0.39 is 0 Å². The number of hydrogen-bond donors (Lipinski definition) is 0. The molecule has 1 rings (SSSR count). The van der Waals surface area contributed by atoms with Crippen molar-refractivity contribution < 1.29 is 9.59 Å². The van der Waals surface area contributed by atoms with Crippen LogP contribution in [0.4, 0.5) is 0 Å². The Morgan fingerprint density at radius 2 is 2.29 bits per heavy atom. The minimum absolute atomic E-state index is 0.196. The zero-order valence-electron chi connectivity index (χ0n) is 9.17. The van der Waals surface area contributed by atoms with Crippen LogP contribution in [0.5, 0.6) is 0 Å². The molecule has 0 saturated carbocycles. The highest BCUT2D eigenvalue weighted by Gasteiger charge is 2.35. The van der Waals surface area contributed by atoms with E-state index >= 15 is 0 Å². The number of Topliss-reactive ketones (excluding diaryl/α,β-unsaturated/α-hetero) is 1. The molecule has 78 valence electrons. The van der Waals surface area contributed by atoms with Crippen molar-refractivity contribution in [3.8, 4) is 0 Å². The first-order chi connectivity index (χ1) is 6.53. The lowest BCUT2D eigenvalue weighted by Crippen LogP contribution is -2.32. The Hall–Kier alpha value is -0.920. The molecule has 0 amide bonds. The molecule has 0 fully saturated rings. The highest BCUT2D eigenvalue weighted by atomic mass is 16.1. The number of allylic oxidation sites excluding steroid dienone is 2. The molecule has 2 unspecified atom stereocenters. The van der Waals surface area contributed by atoms with Crippen LogP contribution in [0.2, 0.25) is 0 Å². The molecule has 0 aromatic carbocycles. The monoisotopic (exact) mass is 194 g/mol. The summed E-state index contributed by atoms with van der Waals surface area (Å²) in [5, 5.41) is 0. The predicted molar refractivity (Wildman–Crippen MR) is 56.0 cm³/mol. The van der Waals surface area contributed by atoms with Gasteiger partial charge in [0.2, 0.25) is 0 Å². The first-order valence-corrected chi connectivity index (χ1v) is 5.19. The van der Waals surface area contributed by atoms with Crippen molar-refractivity contribution in [1.82, 2.24) is 0 Å². The van der Waals surface area contributed by atoms with E-state index in [2.05, 4.69) is 0 Å². The van der Waals surface area contributed by atoms with E-state index in [4.69, 9.17) is 0 Å². The summed E-state index contributed by atoms with van der Waals surface area (Å²) < 4.78 is 0. The van der Waals surface area contributed by atoms with Gasteiger partial charge in [-0.05, 0) is 31.3 Å². The van der Waals surface area contributed by atoms with Gasteiger partial charge in [-0.2, -0.15) is 0 Å². The van der Waals surface area contributed by atoms with Crippen molar-refractivity contribution in [3.63, 3.8) is 0 Å². The van der Waals surface area contributed by atoms with E-state index in [1.165, 1.54) is 0 Å². The number of rotatable bonds is 3. The Bertz CT molecular complexity index is 278. The van der Waals surface area contributed by atoms with Crippen molar-refractivity contribution in [2.45, 2.75) is 40.0 Å². The van der Waals surface area contributed by atoms with Crippen molar-refractivity contribution in [3.05, 3.63) is 11.6 Å². The molecule has 2 atom stereocenters. The number of carbonyl (C=O) groups excluding carboxylic acids is 2. The third-order valence-corrected chi connectivity index (χ3v) is 3.54. The van der Waals surface area contributed by atoms with Crippen LogP contribution in [0.3, 0.4) is 0 Å². The lowest BCUT2D eigenvalue weighted by atomic mass is 9.70. The highest BCUT2D eigenvalue weighted by molar-refractivity contribution is 5.95. The summed E-state index contributed by atoms with van der Waals surface area (Å²) >= 11 is 0. The first-order valence-electron chi connectivity index (χ1n) is 5.19. The SMILES string of the molecule is CCC(C)(C=O)C1CC=C(C)C(=O)C1. The molecule has 1 aliphatic carbocycles. The minimum Gasteiger partial charge on any atom is -0.303 e. The smallest absolute Gasteiger partial charge is 0.158 e. The molecular weight excluding hydrogens is 176 g/mol. The topological polar surface area (TPSA) is 34.1 Å². The normalized spacial score (nSPS) is 26.6. The zero-order chi connectivity index (χ0) is 10.8. The average molecular weight is 194 g/mol. The Morgan fingerprint density at radius 3 is 2.71 bits per heavy atom. The second-order valence-corrected chi connectivity index (χ2v) is 4.42. The Balaban J connectivity index is 2.82. The van der Waals surface area contributed by atoms with Gasteiger partial charge in [0.25, 0.3) is 0 Å². The Kier molecular flexibility index (Phi) is 3.25. The maximum absolute atomic E-state index is 11.5. The second kappa shape index (κ2) is 4.07. The molecule has 2 nitrogen and oxygen atoms in total. The largest absolute Gasteiger partial charge is 0.303 e. The van der Waals surface area contributed by atoms with E-state index in [1.807, 2.05) is 26.8 Å². The van der Waals surface area contributed by atoms with E-state index in [-0.39, 0.29) is 17.1 Å². The standard InChI is InChI=1S/C12H18O2/c1-4-12(3,8-13)10-6-5-9(2)11(14)7-10/h5,8,10H,4,6-7H2,1-3H3. The second-order valence-electron chi connectivity index (χ2n) is 4.42. The summed E-state index contributed by atoms with van der Waals surface area (Å²) in [6.45, 7) is 5.80.